The number of hydrogen-bond donors (Lipinski definition) is 3. The quantitative estimate of drug-likeness (QED) is 0.519. The van der Waals surface area contributed by atoms with Gasteiger partial charge in [-0.15, -0.1) is 0 Å². The molecule has 0 atom stereocenters. The SMILES string of the molecule is F.N.Oc1cccc(O)c1. The fourth-order valence-electron chi connectivity index (χ4n) is 0.493. The molecule has 0 amide bonds. The van der Waals surface area contributed by atoms with E-state index in [9.17, 15) is 0 Å². The zero-order chi connectivity index (χ0) is 5.98. The highest BCUT2D eigenvalue weighted by Gasteiger charge is 1.85. The molecule has 5 N–H and O–H groups in total. The molecule has 0 aromatic heterocycles. The van der Waals surface area contributed by atoms with Crippen molar-refractivity contribution in [3.63, 3.8) is 0 Å². The molecule has 0 aliphatic carbocycles. The number of benzene rings is 1. The minimum absolute atomic E-state index is 0. The fourth-order valence-corrected chi connectivity index (χ4v) is 0.493. The van der Waals surface area contributed by atoms with Crippen LogP contribution in [-0.4, -0.2) is 10.2 Å². The van der Waals surface area contributed by atoms with E-state index in [1.165, 1.54) is 18.2 Å². The maximum atomic E-state index is 8.65. The number of aromatic hydroxyl groups is 2. The van der Waals surface area contributed by atoms with Gasteiger partial charge in [0.2, 0.25) is 0 Å². The van der Waals surface area contributed by atoms with E-state index < -0.39 is 0 Å². The molecule has 0 saturated heterocycles. The Morgan fingerprint density at radius 1 is 1.00 bits per heavy atom. The van der Waals surface area contributed by atoms with Gasteiger partial charge in [0.15, 0.2) is 0 Å². The third kappa shape index (κ3) is 2.88. The first kappa shape index (κ1) is 11.5. The van der Waals surface area contributed by atoms with E-state index >= 15 is 0 Å². The van der Waals surface area contributed by atoms with E-state index in [-0.39, 0.29) is 22.4 Å². The first-order chi connectivity index (χ1) is 3.79. The van der Waals surface area contributed by atoms with Gasteiger partial charge >= 0.3 is 0 Å². The molecule has 1 aromatic rings. The first-order valence-electron chi connectivity index (χ1n) is 2.27. The third-order valence-electron chi connectivity index (χ3n) is 0.830. The Bertz CT molecular complexity index is 176. The Morgan fingerprint density at radius 2 is 1.40 bits per heavy atom. The second kappa shape index (κ2) is 4.58. The van der Waals surface area contributed by atoms with Crippen molar-refractivity contribution in [1.82, 2.24) is 6.15 Å². The number of halogens is 1. The molecule has 0 aliphatic heterocycles. The average Bonchev–Trinajstić information content (AvgIpc) is 1.64. The summed E-state index contributed by atoms with van der Waals surface area (Å²) in [6.45, 7) is 0. The van der Waals surface area contributed by atoms with E-state index in [0.717, 1.165) is 0 Å². The van der Waals surface area contributed by atoms with Crippen LogP contribution in [0.15, 0.2) is 24.3 Å². The molecule has 0 saturated carbocycles. The van der Waals surface area contributed by atoms with Crippen molar-refractivity contribution in [2.45, 2.75) is 0 Å². The lowest BCUT2D eigenvalue weighted by atomic mass is 10.3. The van der Waals surface area contributed by atoms with Crippen LogP contribution in [0.3, 0.4) is 0 Å². The molecule has 3 nitrogen and oxygen atoms in total. The van der Waals surface area contributed by atoms with E-state index in [1.807, 2.05) is 0 Å². The highest BCUT2D eigenvalue weighted by Crippen LogP contribution is 2.14. The Labute approximate surface area is 57.9 Å². The highest BCUT2D eigenvalue weighted by atomic mass is 19.0. The molecule has 0 spiro atoms. The van der Waals surface area contributed by atoms with Crippen molar-refractivity contribution in [2.24, 2.45) is 0 Å². The Hall–Kier alpha value is -1.29. The van der Waals surface area contributed by atoms with Crippen LogP contribution in [0.25, 0.3) is 0 Å². The molecule has 4 heteroatoms. The Kier molecular flexibility index (Phi) is 5.26. The van der Waals surface area contributed by atoms with Crippen molar-refractivity contribution in [3.8, 4) is 11.5 Å². The predicted molar refractivity (Wildman–Crippen MR) is 37.3 cm³/mol. The average molecular weight is 147 g/mol. The Morgan fingerprint density at radius 3 is 1.60 bits per heavy atom. The minimum atomic E-state index is 0. The first-order valence-corrected chi connectivity index (χ1v) is 2.27. The molecular weight excluding hydrogens is 137 g/mol. The smallest absolute Gasteiger partial charge is 0.119 e. The normalized spacial score (nSPS) is 7.20. The predicted octanol–water partition coefficient (Wildman–Crippen LogP) is 1.41. The summed E-state index contributed by atoms with van der Waals surface area (Å²) < 4.78 is 0. The van der Waals surface area contributed by atoms with Crippen molar-refractivity contribution >= 4 is 0 Å². The molecule has 58 valence electrons. The van der Waals surface area contributed by atoms with Crippen LogP contribution in [-0.2, 0) is 0 Å². The number of rotatable bonds is 0. The van der Waals surface area contributed by atoms with Crippen LogP contribution in [0.5, 0.6) is 11.5 Å². The molecule has 1 rings (SSSR count). The van der Waals surface area contributed by atoms with Gasteiger partial charge in [-0.2, -0.15) is 0 Å². The summed E-state index contributed by atoms with van der Waals surface area (Å²) in [5, 5.41) is 17.3. The van der Waals surface area contributed by atoms with Crippen LogP contribution < -0.4 is 6.15 Å². The lowest BCUT2D eigenvalue weighted by Gasteiger charge is -1.89. The lowest BCUT2D eigenvalue weighted by molar-refractivity contribution is 0.450. The van der Waals surface area contributed by atoms with Crippen LogP contribution in [0, 0.1) is 0 Å². The topological polar surface area (TPSA) is 75.5 Å². The van der Waals surface area contributed by atoms with Gasteiger partial charge in [0, 0.05) is 6.07 Å². The number of phenols is 2. The van der Waals surface area contributed by atoms with Gasteiger partial charge in [-0.3, -0.25) is 4.70 Å². The third-order valence-corrected chi connectivity index (χ3v) is 0.830. The fraction of sp³-hybridized carbons (Fsp3) is 0. The van der Waals surface area contributed by atoms with E-state index in [1.54, 1.807) is 6.07 Å². The van der Waals surface area contributed by atoms with Gasteiger partial charge in [0.05, 0.1) is 0 Å². The van der Waals surface area contributed by atoms with Crippen LogP contribution in [0.2, 0.25) is 0 Å². The van der Waals surface area contributed by atoms with E-state index in [2.05, 4.69) is 0 Å². The summed E-state index contributed by atoms with van der Waals surface area (Å²) in [7, 11) is 0. The summed E-state index contributed by atoms with van der Waals surface area (Å²) in [5.74, 6) is 0.176. The van der Waals surface area contributed by atoms with Gasteiger partial charge in [-0.1, -0.05) is 6.07 Å². The van der Waals surface area contributed by atoms with Crippen LogP contribution >= 0.6 is 0 Å². The molecular formula is C6H10FNO2. The van der Waals surface area contributed by atoms with Crippen molar-refractivity contribution in [1.29, 1.82) is 0 Å². The largest absolute Gasteiger partial charge is 0.508 e. The van der Waals surface area contributed by atoms with Crippen LogP contribution in [0.4, 0.5) is 4.70 Å². The summed E-state index contributed by atoms with van der Waals surface area (Å²) in [6.07, 6.45) is 0. The van der Waals surface area contributed by atoms with Crippen molar-refractivity contribution < 1.29 is 14.9 Å². The molecule has 0 unspecified atom stereocenters. The molecule has 10 heavy (non-hydrogen) atoms. The minimum Gasteiger partial charge on any atom is -0.508 e. The zero-order valence-corrected chi connectivity index (χ0v) is 5.32. The summed E-state index contributed by atoms with van der Waals surface area (Å²) in [5.41, 5.74) is 0. The van der Waals surface area contributed by atoms with Crippen LogP contribution in [0.1, 0.15) is 0 Å². The molecule has 0 fully saturated rings. The molecule has 0 radical (unpaired) electrons. The maximum Gasteiger partial charge on any atom is 0.119 e. The monoisotopic (exact) mass is 147 g/mol. The molecule has 0 aliphatic rings. The second-order valence-electron chi connectivity index (χ2n) is 1.52. The van der Waals surface area contributed by atoms with E-state index in [0.29, 0.717) is 0 Å². The molecule has 0 heterocycles. The van der Waals surface area contributed by atoms with Gasteiger partial charge in [-0.25, -0.2) is 0 Å². The molecule has 1 aromatic carbocycles. The maximum absolute atomic E-state index is 8.65. The molecule has 0 bridgehead atoms. The number of phenolic OH excluding ortho intramolecular Hbond substituents is 2. The van der Waals surface area contributed by atoms with Gasteiger partial charge in [0.25, 0.3) is 0 Å². The number of hydrogen-bond acceptors (Lipinski definition) is 3. The highest BCUT2D eigenvalue weighted by molar-refractivity contribution is 5.30. The standard InChI is InChI=1S/C6H6O2.FH.H3N/c7-5-2-1-3-6(8)4-5;;/h1-4,7-8H;1H;1H3. The van der Waals surface area contributed by atoms with Gasteiger partial charge in [-0.05, 0) is 12.1 Å². The van der Waals surface area contributed by atoms with Crippen molar-refractivity contribution in [3.05, 3.63) is 24.3 Å². The Balaban J connectivity index is 0. The zero-order valence-electron chi connectivity index (χ0n) is 5.32. The lowest BCUT2D eigenvalue weighted by Crippen LogP contribution is -1.61. The van der Waals surface area contributed by atoms with Crippen molar-refractivity contribution in [2.75, 3.05) is 0 Å². The summed E-state index contributed by atoms with van der Waals surface area (Å²) >= 11 is 0. The second-order valence-corrected chi connectivity index (χ2v) is 1.52. The summed E-state index contributed by atoms with van der Waals surface area (Å²) in [4.78, 5) is 0. The van der Waals surface area contributed by atoms with E-state index in [4.69, 9.17) is 10.2 Å². The van der Waals surface area contributed by atoms with Gasteiger partial charge in [0.1, 0.15) is 11.5 Å². The summed E-state index contributed by atoms with van der Waals surface area (Å²) in [6, 6.07) is 5.85. The van der Waals surface area contributed by atoms with Gasteiger partial charge < -0.3 is 16.4 Å².